The van der Waals surface area contributed by atoms with Gasteiger partial charge in [-0.25, -0.2) is 4.98 Å². The summed E-state index contributed by atoms with van der Waals surface area (Å²) in [5.74, 6) is -0.575. The molecule has 0 saturated heterocycles. The SMILES string of the molecule is Cc1nc(C(N)=O)c(Cl)s1. The minimum atomic E-state index is -0.575. The van der Waals surface area contributed by atoms with Crippen molar-refractivity contribution in [1.29, 1.82) is 0 Å². The van der Waals surface area contributed by atoms with Crippen molar-refractivity contribution in [1.82, 2.24) is 4.98 Å². The molecule has 0 spiro atoms. The number of hydrogen-bond acceptors (Lipinski definition) is 3. The minimum Gasteiger partial charge on any atom is -0.364 e. The van der Waals surface area contributed by atoms with Gasteiger partial charge in [0.1, 0.15) is 4.34 Å². The van der Waals surface area contributed by atoms with Crippen LogP contribution in [0.15, 0.2) is 0 Å². The predicted octanol–water partition coefficient (Wildman–Crippen LogP) is 1.20. The molecule has 0 fully saturated rings. The fourth-order valence-corrected chi connectivity index (χ4v) is 1.66. The van der Waals surface area contributed by atoms with Crippen LogP contribution in [-0.2, 0) is 0 Å². The van der Waals surface area contributed by atoms with Crippen LogP contribution in [0.1, 0.15) is 15.5 Å². The average Bonchev–Trinajstić information content (AvgIpc) is 2.10. The number of nitrogens with two attached hydrogens (primary N) is 1. The van der Waals surface area contributed by atoms with Crippen molar-refractivity contribution < 1.29 is 4.79 Å². The Bertz CT molecular complexity index is 271. The fraction of sp³-hybridized carbons (Fsp3) is 0.200. The zero-order valence-corrected chi connectivity index (χ0v) is 6.79. The van der Waals surface area contributed by atoms with Gasteiger partial charge in [0.15, 0.2) is 5.69 Å². The Morgan fingerprint density at radius 2 is 2.40 bits per heavy atom. The van der Waals surface area contributed by atoms with Gasteiger partial charge in [0.25, 0.3) is 5.91 Å². The van der Waals surface area contributed by atoms with Crippen LogP contribution in [0, 0.1) is 6.92 Å². The Balaban J connectivity index is 3.15. The first kappa shape index (κ1) is 7.50. The summed E-state index contributed by atoms with van der Waals surface area (Å²) < 4.78 is 0.366. The summed E-state index contributed by atoms with van der Waals surface area (Å²) in [6.07, 6.45) is 0. The minimum absolute atomic E-state index is 0.171. The summed E-state index contributed by atoms with van der Waals surface area (Å²) >= 11 is 6.85. The molecule has 0 bridgehead atoms. The third-order valence-corrected chi connectivity index (χ3v) is 2.10. The van der Waals surface area contributed by atoms with Crippen molar-refractivity contribution in [3.8, 4) is 0 Å². The van der Waals surface area contributed by atoms with E-state index in [-0.39, 0.29) is 5.69 Å². The van der Waals surface area contributed by atoms with E-state index >= 15 is 0 Å². The van der Waals surface area contributed by atoms with Crippen LogP contribution in [0.2, 0.25) is 4.34 Å². The molecule has 0 radical (unpaired) electrons. The lowest BCUT2D eigenvalue weighted by Crippen LogP contribution is -2.11. The van der Waals surface area contributed by atoms with Crippen LogP contribution in [-0.4, -0.2) is 10.9 Å². The van der Waals surface area contributed by atoms with Crippen molar-refractivity contribution in [3.05, 3.63) is 15.0 Å². The summed E-state index contributed by atoms with van der Waals surface area (Å²) in [5.41, 5.74) is 5.12. The second-order valence-electron chi connectivity index (χ2n) is 1.72. The van der Waals surface area contributed by atoms with Crippen LogP contribution < -0.4 is 5.73 Å². The number of nitrogens with zero attached hydrogens (tertiary/aromatic N) is 1. The van der Waals surface area contributed by atoms with Gasteiger partial charge >= 0.3 is 0 Å². The molecule has 0 aliphatic rings. The first-order valence-corrected chi connectivity index (χ1v) is 3.73. The maximum absolute atomic E-state index is 10.5. The lowest BCUT2D eigenvalue weighted by atomic mass is 10.5. The number of carbonyl (C=O) groups excluding carboxylic acids is 1. The van der Waals surface area contributed by atoms with Crippen molar-refractivity contribution in [2.24, 2.45) is 5.73 Å². The highest BCUT2D eigenvalue weighted by Gasteiger charge is 2.10. The monoisotopic (exact) mass is 176 g/mol. The fourth-order valence-electron chi connectivity index (χ4n) is 0.554. The molecule has 0 aromatic carbocycles. The van der Waals surface area contributed by atoms with E-state index in [0.717, 1.165) is 5.01 Å². The van der Waals surface area contributed by atoms with E-state index in [9.17, 15) is 4.79 Å². The van der Waals surface area contributed by atoms with Crippen LogP contribution in [0.25, 0.3) is 0 Å². The van der Waals surface area contributed by atoms with E-state index < -0.39 is 5.91 Å². The number of rotatable bonds is 1. The number of thiazole rings is 1. The number of hydrogen-bond donors (Lipinski definition) is 1. The first-order chi connectivity index (χ1) is 4.61. The van der Waals surface area contributed by atoms with Crippen molar-refractivity contribution in [2.75, 3.05) is 0 Å². The molecule has 0 aliphatic carbocycles. The number of aromatic nitrogens is 1. The molecule has 1 aromatic rings. The highest BCUT2D eigenvalue weighted by Crippen LogP contribution is 2.22. The number of primary amides is 1. The molecule has 0 atom stereocenters. The molecule has 0 unspecified atom stereocenters. The van der Waals surface area contributed by atoms with E-state index in [4.69, 9.17) is 17.3 Å². The Kier molecular flexibility index (Phi) is 1.92. The van der Waals surface area contributed by atoms with Crippen molar-refractivity contribution in [2.45, 2.75) is 6.92 Å². The van der Waals surface area contributed by atoms with Crippen molar-refractivity contribution >= 4 is 28.8 Å². The molecule has 1 rings (SSSR count). The smallest absolute Gasteiger partial charge is 0.269 e. The number of amides is 1. The van der Waals surface area contributed by atoms with Gasteiger partial charge < -0.3 is 5.73 Å². The molecule has 0 aliphatic heterocycles. The van der Waals surface area contributed by atoms with E-state index in [1.54, 1.807) is 6.92 Å². The Morgan fingerprint density at radius 1 is 1.80 bits per heavy atom. The van der Waals surface area contributed by atoms with Crippen LogP contribution in [0.5, 0.6) is 0 Å². The molecule has 3 nitrogen and oxygen atoms in total. The molecule has 5 heteroatoms. The van der Waals surface area contributed by atoms with E-state index in [2.05, 4.69) is 4.98 Å². The average molecular weight is 177 g/mol. The van der Waals surface area contributed by atoms with Gasteiger partial charge in [-0.1, -0.05) is 11.6 Å². The number of aryl methyl sites for hydroxylation is 1. The summed E-state index contributed by atoms with van der Waals surface area (Å²) in [6, 6.07) is 0. The quantitative estimate of drug-likeness (QED) is 0.699. The summed E-state index contributed by atoms with van der Waals surface area (Å²) in [6.45, 7) is 1.77. The van der Waals surface area contributed by atoms with Gasteiger partial charge in [0.05, 0.1) is 5.01 Å². The number of carbonyl (C=O) groups is 1. The molecule has 1 amide bonds. The maximum Gasteiger partial charge on any atom is 0.269 e. The van der Waals surface area contributed by atoms with Gasteiger partial charge in [0, 0.05) is 0 Å². The zero-order valence-electron chi connectivity index (χ0n) is 5.22. The van der Waals surface area contributed by atoms with Gasteiger partial charge in [0.2, 0.25) is 0 Å². The molecule has 2 N–H and O–H groups in total. The summed E-state index contributed by atoms with van der Waals surface area (Å²) in [5, 5.41) is 0.749. The lowest BCUT2D eigenvalue weighted by molar-refractivity contribution is 0.0996. The van der Waals surface area contributed by atoms with Gasteiger partial charge in [-0.15, -0.1) is 11.3 Å². The van der Waals surface area contributed by atoms with E-state index in [0.29, 0.717) is 4.34 Å². The number of halogens is 1. The summed E-state index contributed by atoms with van der Waals surface area (Å²) in [7, 11) is 0. The van der Waals surface area contributed by atoms with Gasteiger partial charge in [-0.2, -0.15) is 0 Å². The molecule has 0 saturated carbocycles. The Hall–Kier alpha value is -0.610. The lowest BCUT2D eigenvalue weighted by Gasteiger charge is -1.84. The standard InChI is InChI=1S/C5H5ClN2OS/c1-2-8-3(5(7)9)4(6)10-2/h1H3,(H2,7,9). The Morgan fingerprint density at radius 3 is 2.60 bits per heavy atom. The summed E-state index contributed by atoms with van der Waals surface area (Å²) in [4.78, 5) is 14.3. The first-order valence-electron chi connectivity index (χ1n) is 2.54. The molecule has 54 valence electrons. The third-order valence-electron chi connectivity index (χ3n) is 0.926. The molecular weight excluding hydrogens is 172 g/mol. The topological polar surface area (TPSA) is 56.0 Å². The van der Waals surface area contributed by atoms with E-state index in [1.165, 1.54) is 11.3 Å². The molecule has 1 heterocycles. The largest absolute Gasteiger partial charge is 0.364 e. The normalized spacial score (nSPS) is 9.80. The molecular formula is C5H5ClN2OS. The zero-order chi connectivity index (χ0) is 7.72. The maximum atomic E-state index is 10.5. The van der Waals surface area contributed by atoms with Crippen LogP contribution >= 0.6 is 22.9 Å². The van der Waals surface area contributed by atoms with Crippen LogP contribution in [0.4, 0.5) is 0 Å². The second kappa shape index (κ2) is 2.56. The molecule has 10 heavy (non-hydrogen) atoms. The van der Waals surface area contributed by atoms with Crippen molar-refractivity contribution in [3.63, 3.8) is 0 Å². The Labute approximate surface area is 66.8 Å². The second-order valence-corrected chi connectivity index (χ2v) is 3.52. The van der Waals surface area contributed by atoms with Gasteiger partial charge in [-0.3, -0.25) is 4.79 Å². The van der Waals surface area contributed by atoms with E-state index in [1.807, 2.05) is 0 Å². The highest BCUT2D eigenvalue weighted by atomic mass is 35.5. The highest BCUT2D eigenvalue weighted by molar-refractivity contribution is 7.16. The third kappa shape index (κ3) is 1.27. The van der Waals surface area contributed by atoms with Crippen LogP contribution in [0.3, 0.4) is 0 Å². The van der Waals surface area contributed by atoms with Gasteiger partial charge in [-0.05, 0) is 6.92 Å². The molecule has 1 aromatic heterocycles. The predicted molar refractivity (Wildman–Crippen MR) is 40.4 cm³/mol.